The predicted octanol–water partition coefficient (Wildman–Crippen LogP) is 6.26. The average molecular weight is 402 g/mol. The van der Waals surface area contributed by atoms with E-state index in [9.17, 15) is 5.11 Å². The lowest BCUT2D eigenvalue weighted by atomic mass is 10.00. The minimum atomic E-state index is 0.0718. The van der Waals surface area contributed by atoms with Crippen molar-refractivity contribution in [2.45, 2.75) is 0 Å². The second-order valence-corrected chi connectivity index (χ2v) is 7.11. The summed E-state index contributed by atoms with van der Waals surface area (Å²) in [6.45, 7) is 0. The number of nitrogens with one attached hydrogen (secondary N) is 1. The molecule has 31 heavy (non-hydrogen) atoms. The Morgan fingerprint density at radius 3 is 1.10 bits per heavy atom. The van der Waals surface area contributed by atoms with Crippen LogP contribution in [-0.4, -0.2) is 0 Å². The van der Waals surface area contributed by atoms with Crippen LogP contribution in [0.1, 0.15) is 0 Å². The summed E-state index contributed by atoms with van der Waals surface area (Å²) in [6.07, 6.45) is 0. The first kappa shape index (κ1) is 20.1. The van der Waals surface area contributed by atoms with Gasteiger partial charge in [-0.15, -0.1) is 5.75 Å². The minimum Gasteiger partial charge on any atom is -0.872 e. The van der Waals surface area contributed by atoms with E-state index in [1.807, 2.05) is 18.2 Å². The molecule has 0 fully saturated rings. The second-order valence-electron chi connectivity index (χ2n) is 7.11. The summed E-state index contributed by atoms with van der Waals surface area (Å²) in [5.41, 5.74) is 7.06. The standard InChI is InChI=1S/C23H17N.C6H6O/c1-4-10-18(11-5-1)21-16-22(19-12-6-2-7-13-19)24-23(17-21)20-14-8-3-9-15-20;7-6-4-2-1-3-5-6/h1-17H;1-5,7H. The zero-order valence-corrected chi connectivity index (χ0v) is 17.1. The van der Waals surface area contributed by atoms with E-state index in [4.69, 9.17) is 0 Å². The molecule has 0 unspecified atom stereocenters. The van der Waals surface area contributed by atoms with Gasteiger partial charge in [-0.25, -0.2) is 4.98 Å². The number of rotatable bonds is 3. The molecule has 2 heteroatoms. The SMILES string of the molecule is [O-]c1ccccc1.c1ccc(-c2cc(-c3ccccc3)[nH+]c(-c3ccccc3)c2)cc1. The van der Waals surface area contributed by atoms with Crippen LogP contribution in [0.5, 0.6) is 5.75 Å². The Labute approximate surface area is 183 Å². The Balaban J connectivity index is 0.000000282. The highest BCUT2D eigenvalue weighted by molar-refractivity contribution is 5.73. The van der Waals surface area contributed by atoms with Gasteiger partial charge >= 0.3 is 0 Å². The summed E-state index contributed by atoms with van der Waals surface area (Å²) in [5.74, 6) is 0.0718. The molecule has 0 saturated carbocycles. The van der Waals surface area contributed by atoms with E-state index in [1.54, 1.807) is 12.1 Å². The number of aromatic amines is 1. The van der Waals surface area contributed by atoms with Crippen LogP contribution in [0.25, 0.3) is 33.6 Å². The quantitative estimate of drug-likeness (QED) is 0.351. The van der Waals surface area contributed by atoms with Gasteiger partial charge in [0.2, 0.25) is 11.4 Å². The van der Waals surface area contributed by atoms with E-state index in [0.717, 1.165) is 11.4 Å². The number of pyridine rings is 1. The predicted molar refractivity (Wildman–Crippen MR) is 125 cm³/mol. The van der Waals surface area contributed by atoms with Gasteiger partial charge in [0.05, 0.1) is 0 Å². The largest absolute Gasteiger partial charge is 0.872 e. The maximum absolute atomic E-state index is 10.3. The van der Waals surface area contributed by atoms with Gasteiger partial charge in [0.15, 0.2) is 0 Å². The molecule has 0 spiro atoms. The fraction of sp³-hybridized carbons (Fsp3) is 0. The van der Waals surface area contributed by atoms with Gasteiger partial charge in [-0.1, -0.05) is 97.1 Å². The third-order valence-electron chi connectivity index (χ3n) is 4.89. The van der Waals surface area contributed by atoms with Crippen molar-refractivity contribution in [2.24, 2.45) is 0 Å². The van der Waals surface area contributed by atoms with E-state index < -0.39 is 0 Å². The molecule has 1 aromatic heterocycles. The summed E-state index contributed by atoms with van der Waals surface area (Å²) in [4.78, 5) is 3.59. The third kappa shape index (κ3) is 5.46. The van der Waals surface area contributed by atoms with E-state index in [1.165, 1.54) is 34.4 Å². The van der Waals surface area contributed by atoms with E-state index >= 15 is 0 Å². The highest BCUT2D eigenvalue weighted by Gasteiger charge is 2.14. The van der Waals surface area contributed by atoms with Crippen molar-refractivity contribution in [2.75, 3.05) is 0 Å². The number of aromatic nitrogens is 1. The molecule has 0 amide bonds. The molecule has 1 heterocycles. The number of hydrogen-bond donors (Lipinski definition) is 0. The van der Waals surface area contributed by atoms with Crippen molar-refractivity contribution in [1.82, 2.24) is 0 Å². The number of para-hydroxylation sites is 1. The van der Waals surface area contributed by atoms with Crippen molar-refractivity contribution >= 4 is 0 Å². The first-order valence-corrected chi connectivity index (χ1v) is 10.3. The molecule has 0 aliphatic carbocycles. The van der Waals surface area contributed by atoms with Crippen molar-refractivity contribution in [1.29, 1.82) is 0 Å². The highest BCUT2D eigenvalue weighted by Crippen LogP contribution is 2.27. The van der Waals surface area contributed by atoms with E-state index in [0.29, 0.717) is 0 Å². The third-order valence-corrected chi connectivity index (χ3v) is 4.89. The van der Waals surface area contributed by atoms with Crippen LogP contribution in [-0.2, 0) is 0 Å². The molecule has 0 saturated heterocycles. The van der Waals surface area contributed by atoms with Crippen LogP contribution < -0.4 is 10.1 Å². The first-order chi connectivity index (χ1) is 15.3. The van der Waals surface area contributed by atoms with Crippen molar-refractivity contribution in [3.8, 4) is 39.4 Å². The maximum Gasteiger partial charge on any atom is 0.211 e. The van der Waals surface area contributed by atoms with E-state index in [2.05, 4.69) is 96.0 Å². The summed E-state index contributed by atoms with van der Waals surface area (Å²) < 4.78 is 0. The second kappa shape index (κ2) is 10.0. The molecule has 5 rings (SSSR count). The highest BCUT2D eigenvalue weighted by atomic mass is 16.3. The average Bonchev–Trinajstić information content (AvgIpc) is 2.86. The molecule has 0 bridgehead atoms. The monoisotopic (exact) mass is 401 g/mol. The molecule has 0 atom stereocenters. The molecule has 2 nitrogen and oxygen atoms in total. The van der Waals surface area contributed by atoms with Gasteiger partial charge in [0, 0.05) is 23.3 Å². The number of benzene rings is 4. The Morgan fingerprint density at radius 2 is 0.742 bits per heavy atom. The summed E-state index contributed by atoms with van der Waals surface area (Å²) >= 11 is 0. The first-order valence-electron chi connectivity index (χ1n) is 10.3. The molecule has 0 aliphatic heterocycles. The van der Waals surface area contributed by atoms with Crippen LogP contribution in [0.2, 0.25) is 0 Å². The summed E-state index contributed by atoms with van der Waals surface area (Å²) in [5, 5.41) is 10.3. The normalized spacial score (nSPS) is 10.1. The van der Waals surface area contributed by atoms with E-state index in [-0.39, 0.29) is 5.75 Å². The topological polar surface area (TPSA) is 37.2 Å². The zero-order chi connectivity index (χ0) is 21.3. The summed E-state index contributed by atoms with van der Waals surface area (Å²) in [6, 6.07) is 44.2. The van der Waals surface area contributed by atoms with Crippen LogP contribution in [0.4, 0.5) is 0 Å². The molecule has 150 valence electrons. The molecule has 4 aromatic carbocycles. The molecular formula is C29H23NO. The molecule has 0 aliphatic rings. The molecule has 5 aromatic rings. The smallest absolute Gasteiger partial charge is 0.211 e. The minimum absolute atomic E-state index is 0.0718. The number of H-pyrrole nitrogens is 1. The van der Waals surface area contributed by atoms with Crippen LogP contribution in [0.3, 0.4) is 0 Å². The zero-order valence-electron chi connectivity index (χ0n) is 17.1. The summed E-state index contributed by atoms with van der Waals surface area (Å²) in [7, 11) is 0. The molecule has 1 N–H and O–H groups in total. The molecular weight excluding hydrogens is 378 g/mol. The van der Waals surface area contributed by atoms with Gasteiger partial charge in [0.1, 0.15) is 0 Å². The maximum atomic E-state index is 10.3. The Morgan fingerprint density at radius 1 is 0.387 bits per heavy atom. The Bertz CT molecular complexity index is 1070. The van der Waals surface area contributed by atoms with Gasteiger partial charge in [-0.3, -0.25) is 0 Å². The Kier molecular flexibility index (Phi) is 6.51. The molecule has 0 radical (unpaired) electrons. The number of hydrogen-bond acceptors (Lipinski definition) is 1. The van der Waals surface area contributed by atoms with Gasteiger partial charge in [-0.05, 0) is 35.4 Å². The lowest BCUT2D eigenvalue weighted by Gasteiger charge is -2.05. The Hall–Kier alpha value is -4.17. The lowest BCUT2D eigenvalue weighted by Crippen LogP contribution is -2.11. The fourth-order valence-electron chi connectivity index (χ4n) is 3.33. The van der Waals surface area contributed by atoms with Crippen molar-refractivity contribution in [3.05, 3.63) is 133 Å². The van der Waals surface area contributed by atoms with Gasteiger partial charge in [-0.2, -0.15) is 0 Å². The fourth-order valence-corrected chi connectivity index (χ4v) is 3.33. The lowest BCUT2D eigenvalue weighted by molar-refractivity contribution is -0.351. The van der Waals surface area contributed by atoms with Crippen molar-refractivity contribution in [3.63, 3.8) is 0 Å². The van der Waals surface area contributed by atoms with Crippen LogP contribution in [0.15, 0.2) is 133 Å². The van der Waals surface area contributed by atoms with Gasteiger partial charge < -0.3 is 5.11 Å². The van der Waals surface area contributed by atoms with Crippen LogP contribution in [0, 0.1) is 0 Å². The van der Waals surface area contributed by atoms with Crippen LogP contribution >= 0.6 is 0 Å². The van der Waals surface area contributed by atoms with Gasteiger partial charge in [0.25, 0.3) is 0 Å². The van der Waals surface area contributed by atoms with Crippen molar-refractivity contribution < 1.29 is 10.1 Å².